The van der Waals surface area contributed by atoms with Crippen molar-refractivity contribution in [2.24, 2.45) is 0 Å². The van der Waals surface area contributed by atoms with E-state index in [0.717, 1.165) is 10.2 Å². The molecule has 1 N–H and O–H groups in total. The van der Waals surface area contributed by atoms with Crippen LogP contribution < -0.4 is 14.9 Å². The second-order valence-electron chi connectivity index (χ2n) is 5.75. The van der Waals surface area contributed by atoms with E-state index in [0.29, 0.717) is 29.4 Å². The number of hydrogen-bond donors (Lipinski definition) is 1. The van der Waals surface area contributed by atoms with Crippen LogP contribution in [0.3, 0.4) is 0 Å². The zero-order valence-electron chi connectivity index (χ0n) is 14.5. The normalized spacial score (nSPS) is 12.1. The van der Waals surface area contributed by atoms with E-state index < -0.39 is 6.10 Å². The van der Waals surface area contributed by atoms with Crippen LogP contribution in [-0.2, 0) is 11.3 Å². The van der Waals surface area contributed by atoms with Crippen molar-refractivity contribution in [3.63, 3.8) is 0 Å². The fourth-order valence-corrected chi connectivity index (χ4v) is 3.79. The SMILES string of the molecule is CCC(Oc1ccc(Cl)cc1)C(=O)Nc1ccc2c(c1)sc(=O)n2CC. The van der Waals surface area contributed by atoms with Crippen molar-refractivity contribution >= 4 is 44.7 Å². The highest BCUT2D eigenvalue weighted by Gasteiger charge is 2.19. The van der Waals surface area contributed by atoms with Crippen LogP contribution in [0.2, 0.25) is 5.02 Å². The molecule has 1 aromatic heterocycles. The summed E-state index contributed by atoms with van der Waals surface area (Å²) in [6, 6.07) is 12.4. The quantitative estimate of drug-likeness (QED) is 0.672. The van der Waals surface area contributed by atoms with Crippen LogP contribution in [0.25, 0.3) is 10.2 Å². The molecule has 1 unspecified atom stereocenters. The largest absolute Gasteiger partial charge is 0.481 e. The monoisotopic (exact) mass is 390 g/mol. The second kappa shape index (κ2) is 7.93. The van der Waals surface area contributed by atoms with E-state index in [9.17, 15) is 9.59 Å². The molecule has 0 radical (unpaired) electrons. The number of thiazole rings is 1. The van der Waals surface area contributed by atoms with Crippen molar-refractivity contribution in [2.75, 3.05) is 5.32 Å². The predicted octanol–water partition coefficient (Wildman–Crippen LogP) is 4.53. The van der Waals surface area contributed by atoms with Crippen LogP contribution in [0.1, 0.15) is 20.3 Å². The molecule has 0 aliphatic rings. The van der Waals surface area contributed by atoms with Crippen LogP contribution in [0, 0.1) is 0 Å². The third-order valence-corrected chi connectivity index (χ3v) is 5.20. The number of anilines is 1. The van der Waals surface area contributed by atoms with Crippen LogP contribution in [-0.4, -0.2) is 16.6 Å². The minimum atomic E-state index is -0.620. The van der Waals surface area contributed by atoms with Gasteiger partial charge in [0, 0.05) is 17.3 Å². The van der Waals surface area contributed by atoms with Gasteiger partial charge in [0.1, 0.15) is 5.75 Å². The Morgan fingerprint density at radius 2 is 1.96 bits per heavy atom. The maximum Gasteiger partial charge on any atom is 0.308 e. The molecule has 1 atom stereocenters. The molecule has 0 aliphatic heterocycles. The van der Waals surface area contributed by atoms with Gasteiger partial charge in [-0.2, -0.15) is 0 Å². The maximum absolute atomic E-state index is 12.6. The van der Waals surface area contributed by atoms with Crippen molar-refractivity contribution < 1.29 is 9.53 Å². The first kappa shape index (κ1) is 18.5. The topological polar surface area (TPSA) is 60.3 Å². The van der Waals surface area contributed by atoms with E-state index in [-0.39, 0.29) is 10.8 Å². The molecule has 0 spiro atoms. The Labute approximate surface area is 160 Å². The van der Waals surface area contributed by atoms with E-state index >= 15 is 0 Å². The summed E-state index contributed by atoms with van der Waals surface area (Å²) < 4.78 is 8.32. The maximum atomic E-state index is 12.6. The van der Waals surface area contributed by atoms with E-state index in [1.807, 2.05) is 26.0 Å². The molecule has 0 bridgehead atoms. The number of aryl methyl sites for hydroxylation is 1. The number of amides is 1. The number of nitrogens with zero attached hydrogens (tertiary/aromatic N) is 1. The lowest BCUT2D eigenvalue weighted by atomic mass is 10.2. The van der Waals surface area contributed by atoms with Crippen molar-refractivity contribution in [1.82, 2.24) is 4.57 Å². The van der Waals surface area contributed by atoms with Crippen molar-refractivity contribution in [2.45, 2.75) is 32.9 Å². The molecule has 0 fully saturated rings. The van der Waals surface area contributed by atoms with Gasteiger partial charge >= 0.3 is 4.87 Å². The molecule has 2 aromatic carbocycles. The van der Waals surface area contributed by atoms with Crippen molar-refractivity contribution in [1.29, 1.82) is 0 Å². The van der Waals surface area contributed by atoms with Gasteiger partial charge in [0.05, 0.1) is 10.2 Å². The number of aromatic nitrogens is 1. The minimum absolute atomic E-state index is 0.00322. The summed E-state index contributed by atoms with van der Waals surface area (Å²) in [7, 11) is 0. The summed E-state index contributed by atoms with van der Waals surface area (Å²) in [5.74, 6) is 0.356. The van der Waals surface area contributed by atoms with E-state index in [1.54, 1.807) is 34.9 Å². The van der Waals surface area contributed by atoms with E-state index in [2.05, 4.69) is 5.32 Å². The summed E-state index contributed by atoms with van der Waals surface area (Å²) in [6.07, 6.45) is -0.0955. The molecule has 0 saturated heterocycles. The Morgan fingerprint density at radius 3 is 2.62 bits per heavy atom. The van der Waals surface area contributed by atoms with Crippen LogP contribution in [0.5, 0.6) is 5.75 Å². The molecular weight excluding hydrogens is 372 g/mol. The molecule has 26 heavy (non-hydrogen) atoms. The molecule has 1 heterocycles. The lowest BCUT2D eigenvalue weighted by molar-refractivity contribution is -0.122. The number of nitrogens with one attached hydrogen (secondary N) is 1. The molecule has 1 amide bonds. The zero-order chi connectivity index (χ0) is 18.7. The van der Waals surface area contributed by atoms with Crippen LogP contribution in [0.15, 0.2) is 47.3 Å². The Morgan fingerprint density at radius 1 is 1.23 bits per heavy atom. The highest BCUT2D eigenvalue weighted by molar-refractivity contribution is 7.16. The predicted molar refractivity (Wildman–Crippen MR) is 107 cm³/mol. The van der Waals surface area contributed by atoms with Gasteiger partial charge in [0.15, 0.2) is 6.10 Å². The molecule has 0 aliphatic carbocycles. The summed E-state index contributed by atoms with van der Waals surface area (Å²) in [6.45, 7) is 4.44. The fourth-order valence-electron chi connectivity index (χ4n) is 2.67. The number of ether oxygens (including phenoxy) is 1. The number of halogens is 1. The summed E-state index contributed by atoms with van der Waals surface area (Å²) in [5.41, 5.74) is 1.52. The summed E-state index contributed by atoms with van der Waals surface area (Å²) in [5, 5.41) is 3.48. The Hall–Kier alpha value is -2.31. The van der Waals surface area contributed by atoms with Gasteiger partial charge in [-0.15, -0.1) is 0 Å². The lowest BCUT2D eigenvalue weighted by Crippen LogP contribution is -2.32. The van der Waals surface area contributed by atoms with E-state index in [1.165, 1.54) is 11.3 Å². The minimum Gasteiger partial charge on any atom is -0.481 e. The molecule has 3 aromatic rings. The van der Waals surface area contributed by atoms with Crippen LogP contribution >= 0.6 is 22.9 Å². The number of fused-ring (bicyclic) bond motifs is 1. The van der Waals surface area contributed by atoms with Crippen molar-refractivity contribution in [3.05, 3.63) is 57.2 Å². The number of hydrogen-bond acceptors (Lipinski definition) is 4. The smallest absolute Gasteiger partial charge is 0.308 e. The van der Waals surface area contributed by atoms with E-state index in [4.69, 9.17) is 16.3 Å². The zero-order valence-corrected chi connectivity index (χ0v) is 16.1. The Balaban J connectivity index is 1.76. The van der Waals surface area contributed by atoms with Gasteiger partial charge in [-0.1, -0.05) is 29.9 Å². The van der Waals surface area contributed by atoms with Crippen molar-refractivity contribution in [3.8, 4) is 5.75 Å². The highest BCUT2D eigenvalue weighted by atomic mass is 35.5. The van der Waals surface area contributed by atoms with Gasteiger partial charge in [-0.3, -0.25) is 14.2 Å². The lowest BCUT2D eigenvalue weighted by Gasteiger charge is -2.17. The van der Waals surface area contributed by atoms with Crippen LogP contribution in [0.4, 0.5) is 5.69 Å². The number of carbonyl (C=O) groups is 1. The third-order valence-electron chi connectivity index (χ3n) is 4.01. The van der Waals surface area contributed by atoms with Gasteiger partial charge < -0.3 is 10.1 Å². The van der Waals surface area contributed by atoms with Gasteiger partial charge in [-0.05, 0) is 55.8 Å². The average molecular weight is 391 g/mol. The number of carbonyl (C=O) groups excluding carboxylic acids is 1. The first-order valence-corrected chi connectivity index (χ1v) is 9.57. The average Bonchev–Trinajstić information content (AvgIpc) is 2.95. The second-order valence-corrected chi connectivity index (χ2v) is 7.18. The standard InChI is InChI=1S/C19H19ClN2O3S/c1-3-16(25-14-8-5-12(20)6-9-14)18(23)21-13-7-10-15-17(11-13)26-19(24)22(15)4-2/h5-11,16H,3-4H2,1-2H3,(H,21,23). The third kappa shape index (κ3) is 3.92. The van der Waals surface area contributed by atoms with Gasteiger partial charge in [0.2, 0.25) is 0 Å². The molecule has 0 saturated carbocycles. The Kier molecular flexibility index (Phi) is 5.64. The molecule has 3 rings (SSSR count). The molecule has 7 heteroatoms. The number of rotatable bonds is 6. The summed E-state index contributed by atoms with van der Waals surface area (Å²) in [4.78, 5) is 24.5. The molecule has 5 nitrogen and oxygen atoms in total. The first-order chi connectivity index (χ1) is 12.5. The molecular formula is C19H19ClN2O3S. The summed E-state index contributed by atoms with van der Waals surface area (Å²) >= 11 is 7.04. The molecule has 136 valence electrons. The first-order valence-electron chi connectivity index (χ1n) is 8.38. The highest BCUT2D eigenvalue weighted by Crippen LogP contribution is 2.23. The Bertz CT molecular complexity index is 979. The van der Waals surface area contributed by atoms with Gasteiger partial charge in [-0.25, -0.2) is 0 Å². The fraction of sp³-hybridized carbons (Fsp3) is 0.263. The number of benzene rings is 2. The van der Waals surface area contributed by atoms with Gasteiger partial charge in [0.25, 0.3) is 5.91 Å².